The van der Waals surface area contributed by atoms with Crippen molar-refractivity contribution in [1.29, 1.82) is 0 Å². The van der Waals surface area contributed by atoms with E-state index in [4.69, 9.17) is 4.98 Å². The summed E-state index contributed by atoms with van der Waals surface area (Å²) in [6, 6.07) is 8.23. The van der Waals surface area contributed by atoms with Gasteiger partial charge in [0.05, 0.1) is 10.2 Å². The highest BCUT2D eigenvalue weighted by Gasteiger charge is 2.19. The minimum absolute atomic E-state index is 0.0336. The lowest BCUT2D eigenvalue weighted by Crippen LogP contribution is -2.35. The number of thiophene rings is 1. The Labute approximate surface area is 162 Å². The minimum Gasteiger partial charge on any atom is -0.308 e. The highest BCUT2D eigenvalue weighted by Crippen LogP contribution is 2.32. The van der Waals surface area contributed by atoms with Gasteiger partial charge in [0, 0.05) is 24.0 Å². The summed E-state index contributed by atoms with van der Waals surface area (Å²) < 4.78 is 1.15. The van der Waals surface area contributed by atoms with E-state index < -0.39 is 0 Å². The molecular weight excluding hydrogens is 362 g/mol. The largest absolute Gasteiger partial charge is 0.308 e. The summed E-state index contributed by atoms with van der Waals surface area (Å²) >= 11 is 3.21. The van der Waals surface area contributed by atoms with E-state index in [-0.39, 0.29) is 5.91 Å². The number of hydrogen-bond donors (Lipinski definition) is 0. The van der Waals surface area contributed by atoms with Crippen molar-refractivity contribution in [2.24, 2.45) is 0 Å². The van der Waals surface area contributed by atoms with Gasteiger partial charge in [-0.25, -0.2) is 4.98 Å². The quantitative estimate of drug-likeness (QED) is 0.583. The van der Waals surface area contributed by atoms with Crippen LogP contribution in [0.4, 0.5) is 5.13 Å². The zero-order valence-corrected chi connectivity index (χ0v) is 17.2. The normalized spacial score (nSPS) is 11.7. The number of benzene rings is 1. The van der Waals surface area contributed by atoms with Crippen molar-refractivity contribution >= 4 is 50.0 Å². The van der Waals surface area contributed by atoms with E-state index in [2.05, 4.69) is 30.9 Å². The second-order valence-electron chi connectivity index (χ2n) is 6.57. The molecule has 2 heterocycles. The zero-order valence-electron chi connectivity index (χ0n) is 15.5. The van der Waals surface area contributed by atoms with Gasteiger partial charge in [0.1, 0.15) is 0 Å². The minimum atomic E-state index is -0.0336. The van der Waals surface area contributed by atoms with Crippen LogP contribution in [0, 0.1) is 13.8 Å². The number of carbonyl (C=O) groups excluding carboxylic acids is 1. The van der Waals surface area contributed by atoms with Crippen molar-refractivity contribution in [3.63, 3.8) is 0 Å². The number of hydrogen-bond acceptors (Lipinski definition) is 5. The van der Waals surface area contributed by atoms with Gasteiger partial charge in [-0.15, -0.1) is 11.3 Å². The van der Waals surface area contributed by atoms with Gasteiger partial charge in [-0.2, -0.15) is 0 Å². The summed E-state index contributed by atoms with van der Waals surface area (Å²) in [5.41, 5.74) is 3.36. The molecule has 136 valence electrons. The Morgan fingerprint density at radius 3 is 2.73 bits per heavy atom. The molecule has 0 aliphatic heterocycles. The maximum absolute atomic E-state index is 12.9. The van der Waals surface area contributed by atoms with Crippen LogP contribution in [0.25, 0.3) is 16.3 Å². The number of aryl methyl sites for hydroxylation is 2. The molecule has 0 aliphatic rings. The highest BCUT2D eigenvalue weighted by atomic mass is 32.1. The predicted octanol–water partition coefficient (Wildman–Crippen LogP) is 4.58. The molecule has 1 aromatic carbocycles. The van der Waals surface area contributed by atoms with Crippen LogP contribution in [0.2, 0.25) is 0 Å². The zero-order chi connectivity index (χ0) is 18.7. The number of fused-ring (bicyclic) bond motifs is 1. The molecule has 0 aliphatic carbocycles. The third-order valence-electron chi connectivity index (χ3n) is 4.01. The molecule has 2 aromatic heterocycles. The molecule has 3 rings (SSSR count). The predicted molar refractivity (Wildman–Crippen MR) is 113 cm³/mol. The van der Waals surface area contributed by atoms with E-state index in [9.17, 15) is 4.79 Å². The maximum Gasteiger partial charge on any atom is 0.252 e. The molecule has 0 spiro atoms. The van der Waals surface area contributed by atoms with Crippen molar-refractivity contribution in [2.45, 2.75) is 13.8 Å². The smallest absolute Gasteiger partial charge is 0.252 e. The molecule has 0 saturated heterocycles. The van der Waals surface area contributed by atoms with Crippen molar-refractivity contribution in [2.75, 3.05) is 32.1 Å². The monoisotopic (exact) mass is 385 g/mol. The Morgan fingerprint density at radius 2 is 2.04 bits per heavy atom. The van der Waals surface area contributed by atoms with Gasteiger partial charge in [0.2, 0.25) is 0 Å². The lowest BCUT2D eigenvalue weighted by atomic mass is 10.1. The van der Waals surface area contributed by atoms with E-state index in [0.717, 1.165) is 26.8 Å². The Hall–Kier alpha value is -2.02. The average molecular weight is 386 g/mol. The Balaban J connectivity index is 1.92. The van der Waals surface area contributed by atoms with Crippen LogP contribution < -0.4 is 4.90 Å². The molecule has 0 unspecified atom stereocenters. The molecule has 26 heavy (non-hydrogen) atoms. The van der Waals surface area contributed by atoms with Gasteiger partial charge in [-0.1, -0.05) is 23.5 Å². The van der Waals surface area contributed by atoms with Crippen molar-refractivity contribution in [1.82, 2.24) is 9.88 Å². The van der Waals surface area contributed by atoms with Crippen LogP contribution in [0.5, 0.6) is 0 Å². The van der Waals surface area contributed by atoms with Crippen LogP contribution in [0.15, 0.2) is 35.7 Å². The number of nitrogens with zero attached hydrogens (tertiary/aromatic N) is 3. The highest BCUT2D eigenvalue weighted by molar-refractivity contribution is 7.22. The first-order valence-corrected chi connectivity index (χ1v) is 10.2. The summed E-state index contributed by atoms with van der Waals surface area (Å²) in [6.45, 7) is 5.56. The number of carbonyl (C=O) groups is 1. The molecule has 0 N–H and O–H groups in total. The fourth-order valence-electron chi connectivity index (χ4n) is 2.71. The molecule has 0 radical (unpaired) electrons. The second kappa shape index (κ2) is 8.12. The third-order valence-corrected chi connectivity index (χ3v) is 6.08. The van der Waals surface area contributed by atoms with Crippen molar-refractivity contribution in [3.05, 3.63) is 51.7 Å². The van der Waals surface area contributed by atoms with Gasteiger partial charge < -0.3 is 4.90 Å². The fourth-order valence-corrected chi connectivity index (χ4v) is 4.38. The topological polar surface area (TPSA) is 36.4 Å². The van der Waals surface area contributed by atoms with Crippen molar-refractivity contribution < 1.29 is 4.79 Å². The molecular formula is C20H23N3OS2. The lowest BCUT2D eigenvalue weighted by molar-refractivity contribution is -0.114. The van der Waals surface area contributed by atoms with Gasteiger partial charge in [-0.3, -0.25) is 9.69 Å². The van der Waals surface area contributed by atoms with Gasteiger partial charge in [0.15, 0.2) is 5.13 Å². The third kappa shape index (κ3) is 4.38. The number of amides is 1. The molecule has 0 bridgehead atoms. The van der Waals surface area contributed by atoms with Gasteiger partial charge >= 0.3 is 0 Å². The van der Waals surface area contributed by atoms with Gasteiger partial charge in [0.25, 0.3) is 5.91 Å². The summed E-state index contributed by atoms with van der Waals surface area (Å²) in [6.07, 6.45) is 3.52. The summed E-state index contributed by atoms with van der Waals surface area (Å²) in [4.78, 5) is 22.6. The summed E-state index contributed by atoms with van der Waals surface area (Å²) in [5, 5.41) is 2.77. The van der Waals surface area contributed by atoms with Crippen LogP contribution in [0.1, 0.15) is 16.0 Å². The van der Waals surface area contributed by atoms with E-state index in [1.807, 2.05) is 37.7 Å². The van der Waals surface area contributed by atoms with E-state index in [1.165, 1.54) is 11.1 Å². The molecule has 3 aromatic rings. The molecule has 6 heteroatoms. The molecule has 0 atom stereocenters. The molecule has 0 fully saturated rings. The second-order valence-corrected chi connectivity index (χ2v) is 8.53. The SMILES string of the molecule is Cc1cc(C)c2sc(N(CCN(C)C)C(=O)C=Cc3cccs3)nc2c1. The Bertz CT molecular complexity index is 926. The molecule has 1 amide bonds. The van der Waals surface area contributed by atoms with E-state index in [1.54, 1.807) is 33.6 Å². The maximum atomic E-state index is 12.9. The number of aromatic nitrogens is 1. The number of likely N-dealkylation sites (N-methyl/N-ethyl adjacent to an activating group) is 1. The lowest BCUT2D eigenvalue weighted by Gasteiger charge is -2.20. The van der Waals surface area contributed by atoms with Crippen LogP contribution in [-0.2, 0) is 4.79 Å². The number of rotatable bonds is 6. The summed E-state index contributed by atoms with van der Waals surface area (Å²) in [7, 11) is 4.02. The average Bonchev–Trinajstić information content (AvgIpc) is 3.22. The van der Waals surface area contributed by atoms with Crippen LogP contribution >= 0.6 is 22.7 Å². The van der Waals surface area contributed by atoms with E-state index >= 15 is 0 Å². The standard InChI is InChI=1S/C20H23N3OS2/c1-14-12-15(2)19-17(13-14)21-20(26-19)23(10-9-22(3)4)18(24)8-7-16-6-5-11-25-16/h5-8,11-13H,9-10H2,1-4H3. The summed E-state index contributed by atoms with van der Waals surface area (Å²) in [5.74, 6) is -0.0336. The Kier molecular flexibility index (Phi) is 5.86. The molecule has 4 nitrogen and oxygen atoms in total. The first-order chi connectivity index (χ1) is 12.4. The molecule has 0 saturated carbocycles. The van der Waals surface area contributed by atoms with Gasteiger partial charge in [-0.05, 0) is 62.7 Å². The number of anilines is 1. The van der Waals surface area contributed by atoms with E-state index in [0.29, 0.717) is 6.54 Å². The first-order valence-electron chi connectivity index (χ1n) is 8.49. The first kappa shape index (κ1) is 18.8. The fraction of sp³-hybridized carbons (Fsp3) is 0.300. The van der Waals surface area contributed by atoms with Crippen molar-refractivity contribution in [3.8, 4) is 0 Å². The van der Waals surface area contributed by atoms with Crippen LogP contribution in [0.3, 0.4) is 0 Å². The van der Waals surface area contributed by atoms with Crippen LogP contribution in [-0.4, -0.2) is 43.0 Å². The Morgan fingerprint density at radius 1 is 1.23 bits per heavy atom. The number of thiazole rings is 1.